The van der Waals surface area contributed by atoms with E-state index < -0.39 is 17.6 Å². The molecule has 0 saturated carbocycles. The van der Waals surface area contributed by atoms with Crippen LogP contribution < -0.4 is 26.2 Å². The minimum absolute atomic E-state index is 0.0525. The fraction of sp³-hybridized carbons (Fsp3) is 0.346. The number of hydrazine groups is 2. The lowest BCUT2D eigenvalue weighted by molar-refractivity contribution is -0.138. The lowest BCUT2D eigenvalue weighted by atomic mass is 10.0. The van der Waals surface area contributed by atoms with Crippen molar-refractivity contribution in [2.75, 3.05) is 41.5 Å². The zero-order valence-electron chi connectivity index (χ0n) is 22.0. The molecule has 2 aliphatic rings. The lowest BCUT2D eigenvalue weighted by Crippen LogP contribution is -2.37. The van der Waals surface area contributed by atoms with E-state index in [1.54, 1.807) is 34.9 Å². The molecule has 3 aromatic rings. The number of nitrogens with zero attached hydrogens (tertiary/aromatic N) is 5. The number of aryl methyl sites for hydroxylation is 2. The van der Waals surface area contributed by atoms with Gasteiger partial charge in [0, 0.05) is 55.2 Å². The van der Waals surface area contributed by atoms with E-state index in [-0.39, 0.29) is 16.8 Å². The minimum Gasteiger partial charge on any atom is -0.378 e. The Morgan fingerprint density at radius 2 is 1.82 bits per heavy atom. The number of carbonyl (C=O) groups excluding carboxylic acids is 1. The van der Waals surface area contributed by atoms with Crippen molar-refractivity contribution < 1.29 is 22.7 Å². The number of ether oxygens (including phenoxy) is 1. The van der Waals surface area contributed by atoms with Gasteiger partial charge in [-0.15, -0.1) is 5.53 Å². The average molecular weight is 543 g/mol. The van der Waals surface area contributed by atoms with Gasteiger partial charge in [-0.05, 0) is 44.5 Å². The van der Waals surface area contributed by atoms with E-state index >= 15 is 0 Å². The maximum atomic E-state index is 13.9. The Morgan fingerprint density at radius 3 is 2.49 bits per heavy atom. The van der Waals surface area contributed by atoms with Gasteiger partial charge in [0.2, 0.25) is 0 Å². The van der Waals surface area contributed by atoms with Crippen molar-refractivity contribution in [1.29, 1.82) is 0 Å². The van der Waals surface area contributed by atoms with Gasteiger partial charge in [0.25, 0.3) is 5.91 Å². The molecule has 206 valence electrons. The number of benzene rings is 1. The number of hydrogen-bond donors (Lipinski definition) is 3. The molecule has 2 aromatic heterocycles. The number of amides is 1. The summed E-state index contributed by atoms with van der Waals surface area (Å²) in [7, 11) is 1.85. The second-order valence-corrected chi connectivity index (χ2v) is 9.46. The normalized spacial score (nSPS) is 15.8. The maximum absolute atomic E-state index is 13.9. The lowest BCUT2D eigenvalue weighted by Gasteiger charge is -2.31. The number of anilines is 3. The van der Waals surface area contributed by atoms with Gasteiger partial charge in [-0.1, -0.05) is 0 Å². The molecule has 10 nitrogen and oxygen atoms in total. The molecule has 0 radical (unpaired) electrons. The van der Waals surface area contributed by atoms with Gasteiger partial charge in [0.1, 0.15) is 0 Å². The summed E-state index contributed by atoms with van der Waals surface area (Å²) in [4.78, 5) is 19.4. The molecule has 2 aliphatic heterocycles. The third-order valence-electron chi connectivity index (χ3n) is 6.97. The number of halogens is 3. The highest BCUT2D eigenvalue weighted by Crippen LogP contribution is 2.39. The first kappa shape index (κ1) is 26.5. The quantitative estimate of drug-likeness (QED) is 0.449. The Kier molecular flexibility index (Phi) is 6.95. The van der Waals surface area contributed by atoms with E-state index in [0.717, 1.165) is 23.0 Å². The van der Waals surface area contributed by atoms with Gasteiger partial charge in [0.05, 0.1) is 47.6 Å². The second-order valence-electron chi connectivity index (χ2n) is 9.46. The van der Waals surface area contributed by atoms with Crippen LogP contribution in [0.4, 0.5) is 30.2 Å². The summed E-state index contributed by atoms with van der Waals surface area (Å²) in [5.74, 6) is -0.576. The molecule has 4 heterocycles. The van der Waals surface area contributed by atoms with E-state index in [1.165, 1.54) is 13.1 Å². The molecule has 0 atom stereocenters. The molecule has 39 heavy (non-hydrogen) atoms. The Hall–Kier alpha value is -4.10. The fourth-order valence-corrected chi connectivity index (χ4v) is 4.63. The van der Waals surface area contributed by atoms with E-state index in [4.69, 9.17) is 4.74 Å². The Morgan fingerprint density at radius 1 is 1.08 bits per heavy atom. The van der Waals surface area contributed by atoms with Crippen LogP contribution in [-0.4, -0.2) is 47.0 Å². The predicted molar refractivity (Wildman–Crippen MR) is 141 cm³/mol. The molecule has 0 aliphatic carbocycles. The zero-order chi connectivity index (χ0) is 27.9. The summed E-state index contributed by atoms with van der Waals surface area (Å²) in [6.45, 7) is 6.96. The van der Waals surface area contributed by atoms with Gasteiger partial charge in [-0.25, -0.2) is 0 Å². The van der Waals surface area contributed by atoms with Crippen molar-refractivity contribution in [2.45, 2.75) is 26.9 Å². The highest BCUT2D eigenvalue weighted by molar-refractivity contribution is 6.05. The minimum atomic E-state index is -4.57. The number of aromatic nitrogens is 3. The van der Waals surface area contributed by atoms with Crippen molar-refractivity contribution in [3.63, 3.8) is 0 Å². The van der Waals surface area contributed by atoms with Gasteiger partial charge in [0.15, 0.2) is 0 Å². The number of pyridine rings is 1. The van der Waals surface area contributed by atoms with Gasteiger partial charge >= 0.3 is 6.18 Å². The van der Waals surface area contributed by atoms with Crippen LogP contribution in [-0.2, 0) is 18.0 Å². The van der Waals surface area contributed by atoms with Crippen LogP contribution in [0, 0.1) is 20.8 Å². The highest BCUT2D eigenvalue weighted by atomic mass is 19.4. The molecule has 1 fully saturated rings. The van der Waals surface area contributed by atoms with E-state index in [2.05, 4.69) is 26.4 Å². The highest BCUT2D eigenvalue weighted by Gasteiger charge is 2.35. The van der Waals surface area contributed by atoms with E-state index in [1.807, 2.05) is 25.1 Å². The van der Waals surface area contributed by atoms with Crippen molar-refractivity contribution in [2.24, 2.45) is 7.05 Å². The van der Waals surface area contributed by atoms with Crippen LogP contribution in [0.15, 0.2) is 36.8 Å². The number of alkyl halides is 3. The largest absolute Gasteiger partial charge is 0.416 e. The summed E-state index contributed by atoms with van der Waals surface area (Å²) >= 11 is 0. The fourth-order valence-electron chi connectivity index (χ4n) is 4.63. The van der Waals surface area contributed by atoms with Crippen molar-refractivity contribution in [3.05, 3.63) is 70.4 Å². The Labute approximate surface area is 223 Å². The molecule has 1 aromatic carbocycles. The van der Waals surface area contributed by atoms with Crippen LogP contribution in [0.1, 0.15) is 38.4 Å². The first-order chi connectivity index (χ1) is 18.5. The predicted octanol–water partition coefficient (Wildman–Crippen LogP) is 3.68. The Balaban J connectivity index is 1.42. The van der Waals surface area contributed by atoms with Crippen LogP contribution in [0.3, 0.4) is 0 Å². The molecular formula is C26H29F3N8O2. The maximum Gasteiger partial charge on any atom is 0.416 e. The van der Waals surface area contributed by atoms with E-state index in [0.29, 0.717) is 43.4 Å². The van der Waals surface area contributed by atoms with Crippen LogP contribution in [0.25, 0.3) is 5.70 Å². The number of hydrogen-bond acceptors (Lipinski definition) is 8. The topological polar surface area (TPSA) is 99.6 Å². The molecule has 0 spiro atoms. The summed E-state index contributed by atoms with van der Waals surface area (Å²) in [5.41, 5.74) is 10.00. The summed E-state index contributed by atoms with van der Waals surface area (Å²) < 4.78 is 48.8. The smallest absolute Gasteiger partial charge is 0.378 e. The zero-order valence-corrected chi connectivity index (χ0v) is 22.0. The van der Waals surface area contributed by atoms with Crippen LogP contribution in [0.5, 0.6) is 0 Å². The van der Waals surface area contributed by atoms with Crippen molar-refractivity contribution in [1.82, 2.24) is 25.7 Å². The van der Waals surface area contributed by atoms with Crippen molar-refractivity contribution >= 4 is 28.7 Å². The number of carbonyl (C=O) groups is 1. The van der Waals surface area contributed by atoms with Gasteiger partial charge < -0.3 is 20.4 Å². The monoisotopic (exact) mass is 542 g/mol. The molecule has 13 heteroatoms. The molecular weight excluding hydrogens is 513 g/mol. The summed E-state index contributed by atoms with van der Waals surface area (Å²) in [5, 5.41) is 8.59. The molecule has 0 unspecified atom stereocenters. The molecule has 3 N–H and O–H groups in total. The third kappa shape index (κ3) is 5.27. The number of nitrogens with one attached hydrogen (secondary N) is 3. The molecule has 5 rings (SSSR count). The summed E-state index contributed by atoms with van der Waals surface area (Å²) in [6, 6.07) is 4.17. The average Bonchev–Trinajstić information content (AvgIpc) is 3.51. The molecule has 1 amide bonds. The second kappa shape index (κ2) is 10.2. The van der Waals surface area contributed by atoms with Crippen molar-refractivity contribution in [3.8, 4) is 0 Å². The molecule has 1 saturated heterocycles. The van der Waals surface area contributed by atoms with Crippen LogP contribution >= 0.6 is 0 Å². The van der Waals surface area contributed by atoms with E-state index in [9.17, 15) is 18.0 Å². The SMILES string of the molecule is Cc1ncc(C(=O)Nc2cc(N3CCOCC3)c(C)c(C(F)(F)F)c2)cc1N1C=C(c2cnn(C)c2C)NN1. The first-order valence-corrected chi connectivity index (χ1v) is 12.4. The van der Waals surface area contributed by atoms with Gasteiger partial charge in [-0.3, -0.25) is 19.5 Å². The first-order valence-electron chi connectivity index (χ1n) is 12.4. The van der Waals surface area contributed by atoms with Gasteiger partial charge in [-0.2, -0.15) is 18.3 Å². The van der Waals surface area contributed by atoms with Crippen LogP contribution in [0.2, 0.25) is 0 Å². The number of morpholine rings is 1. The standard InChI is InChI=1S/C26H29F3N8O2/c1-15-21(26(27,28)29)10-19(11-23(15)36-5-7-39-8-6-36)32-25(38)18-9-24(16(2)30-12-18)37-14-22(33-34-37)20-13-31-35(4)17(20)3/h9-14,33-34H,5-8H2,1-4H3,(H,32,38). The number of rotatable bonds is 5. The molecule has 0 bridgehead atoms. The summed E-state index contributed by atoms with van der Waals surface area (Å²) in [6.07, 6.45) is 0.390. The third-order valence-corrected chi connectivity index (χ3v) is 6.97. The Bertz CT molecular complexity index is 1440.